The third kappa shape index (κ3) is 4.45. The molecule has 0 radical (unpaired) electrons. The van der Waals surface area contributed by atoms with Crippen LogP contribution in [0.3, 0.4) is 0 Å². The average molecular weight is 471 g/mol. The molecule has 8 heteroatoms. The number of amides is 1. The molecule has 27 heavy (non-hydrogen) atoms. The highest BCUT2D eigenvalue weighted by Gasteiger charge is 2.40. The highest BCUT2D eigenvalue weighted by Crippen LogP contribution is 2.32. The number of carbonyl (C=O) groups excluding carboxylic acids is 1. The van der Waals surface area contributed by atoms with Crippen molar-refractivity contribution in [3.8, 4) is 0 Å². The van der Waals surface area contributed by atoms with Gasteiger partial charge < -0.3 is 5.32 Å². The van der Waals surface area contributed by atoms with E-state index in [1.54, 1.807) is 12.1 Å². The van der Waals surface area contributed by atoms with Crippen LogP contribution in [-0.2, 0) is 21.2 Å². The molecule has 1 aliphatic heterocycles. The van der Waals surface area contributed by atoms with Crippen LogP contribution in [0.1, 0.15) is 43.9 Å². The van der Waals surface area contributed by atoms with Crippen LogP contribution in [0, 0.1) is 0 Å². The lowest BCUT2D eigenvalue weighted by Crippen LogP contribution is -2.46. The maximum atomic E-state index is 12.9. The van der Waals surface area contributed by atoms with Gasteiger partial charge in [-0.15, -0.1) is 11.3 Å². The van der Waals surface area contributed by atoms with Crippen LogP contribution in [-0.4, -0.2) is 31.2 Å². The van der Waals surface area contributed by atoms with Gasteiger partial charge in [0.05, 0.1) is 9.83 Å². The van der Waals surface area contributed by atoms with Crippen molar-refractivity contribution in [1.82, 2.24) is 9.62 Å². The van der Waals surface area contributed by atoms with Gasteiger partial charge in [0.15, 0.2) is 0 Å². The number of nitrogens with zero attached hydrogens (tertiary/aromatic N) is 1. The molecule has 1 aromatic heterocycles. The van der Waals surface area contributed by atoms with Crippen molar-refractivity contribution in [3.63, 3.8) is 0 Å². The minimum atomic E-state index is -3.66. The summed E-state index contributed by atoms with van der Waals surface area (Å²) in [6, 6.07) is 10.6. The van der Waals surface area contributed by atoms with Crippen molar-refractivity contribution in [2.24, 2.45) is 0 Å². The Bertz CT molecular complexity index is 909. The average Bonchev–Trinajstić information content (AvgIpc) is 3.31. The smallest absolute Gasteiger partial charge is 0.253 e. The zero-order valence-corrected chi connectivity index (χ0v) is 18.5. The van der Waals surface area contributed by atoms with E-state index in [9.17, 15) is 13.2 Å². The number of aryl methyl sites for hydroxylation is 1. The molecule has 1 saturated heterocycles. The molecular weight excluding hydrogens is 448 g/mol. The topological polar surface area (TPSA) is 66.5 Å². The Morgan fingerprint density at radius 2 is 2.00 bits per heavy atom. The van der Waals surface area contributed by atoms with Crippen LogP contribution in [0.5, 0.6) is 0 Å². The molecule has 0 bridgehead atoms. The van der Waals surface area contributed by atoms with Crippen molar-refractivity contribution < 1.29 is 13.2 Å². The molecule has 1 N–H and O–H groups in total. The molecule has 1 amide bonds. The third-order valence-electron chi connectivity index (χ3n) is 4.86. The van der Waals surface area contributed by atoms with E-state index in [1.807, 2.05) is 19.1 Å². The number of rotatable bonds is 6. The largest absolute Gasteiger partial charge is 0.348 e. The third-order valence-corrected chi connectivity index (χ3v) is 8.86. The van der Waals surface area contributed by atoms with Crippen LogP contribution in [0.2, 0.25) is 0 Å². The highest BCUT2D eigenvalue weighted by molar-refractivity contribution is 9.11. The molecule has 0 unspecified atom stereocenters. The molecule has 1 aromatic carbocycles. The fourth-order valence-corrected chi connectivity index (χ4v) is 7.07. The summed E-state index contributed by atoms with van der Waals surface area (Å²) in [4.78, 5) is 12.8. The molecule has 1 fully saturated rings. The number of thiophene rings is 1. The maximum absolute atomic E-state index is 12.9. The van der Waals surface area contributed by atoms with E-state index in [2.05, 4.69) is 40.3 Å². The van der Waals surface area contributed by atoms with Gasteiger partial charge in [0, 0.05) is 6.54 Å². The van der Waals surface area contributed by atoms with Crippen LogP contribution in [0.4, 0.5) is 0 Å². The summed E-state index contributed by atoms with van der Waals surface area (Å²) in [5.41, 5.74) is 2.25. The van der Waals surface area contributed by atoms with Crippen molar-refractivity contribution in [2.75, 3.05) is 6.54 Å². The van der Waals surface area contributed by atoms with Crippen molar-refractivity contribution >= 4 is 43.2 Å². The number of sulfonamides is 1. The minimum Gasteiger partial charge on any atom is -0.348 e. The Balaban J connectivity index is 1.73. The Morgan fingerprint density at radius 1 is 1.30 bits per heavy atom. The molecule has 2 heterocycles. The van der Waals surface area contributed by atoms with E-state index in [-0.39, 0.29) is 16.2 Å². The fraction of sp³-hybridized carbons (Fsp3) is 0.421. The van der Waals surface area contributed by atoms with Gasteiger partial charge in [-0.3, -0.25) is 4.79 Å². The Kier molecular flexibility index (Phi) is 6.40. The first kappa shape index (κ1) is 20.5. The molecule has 3 rings (SSSR count). The lowest BCUT2D eigenvalue weighted by molar-refractivity contribution is -0.124. The first-order valence-corrected chi connectivity index (χ1v) is 12.0. The van der Waals surface area contributed by atoms with Gasteiger partial charge in [0.25, 0.3) is 10.0 Å². The van der Waals surface area contributed by atoms with E-state index in [0.717, 1.165) is 27.1 Å². The van der Waals surface area contributed by atoms with E-state index < -0.39 is 16.1 Å². The Hall–Kier alpha value is -1.22. The predicted octanol–water partition coefficient (Wildman–Crippen LogP) is 4.10. The fourth-order valence-electron chi connectivity index (χ4n) is 3.28. The second-order valence-electron chi connectivity index (χ2n) is 6.66. The number of halogens is 1. The lowest BCUT2D eigenvalue weighted by Gasteiger charge is -2.24. The number of carbonyl (C=O) groups is 1. The summed E-state index contributed by atoms with van der Waals surface area (Å²) < 4.78 is 28.2. The summed E-state index contributed by atoms with van der Waals surface area (Å²) in [7, 11) is -3.66. The van der Waals surface area contributed by atoms with Gasteiger partial charge in [-0.1, -0.05) is 31.2 Å². The molecule has 2 atom stereocenters. The zero-order valence-electron chi connectivity index (χ0n) is 15.3. The number of hydrogen-bond donors (Lipinski definition) is 1. The quantitative estimate of drug-likeness (QED) is 0.690. The molecule has 0 aliphatic carbocycles. The second-order valence-corrected chi connectivity index (χ2v) is 11.2. The first-order chi connectivity index (χ1) is 12.8. The molecule has 1 aliphatic rings. The van der Waals surface area contributed by atoms with Gasteiger partial charge in [-0.05, 0) is 65.4 Å². The molecule has 2 aromatic rings. The Labute approximate surface area is 173 Å². The van der Waals surface area contributed by atoms with Gasteiger partial charge in [-0.25, -0.2) is 8.42 Å². The summed E-state index contributed by atoms with van der Waals surface area (Å²) in [6.07, 6.45) is 2.19. The van der Waals surface area contributed by atoms with Gasteiger partial charge in [0.2, 0.25) is 5.91 Å². The van der Waals surface area contributed by atoms with Gasteiger partial charge in [-0.2, -0.15) is 4.31 Å². The molecule has 146 valence electrons. The van der Waals surface area contributed by atoms with Crippen LogP contribution in [0.15, 0.2) is 44.4 Å². The molecule has 0 spiro atoms. The minimum absolute atomic E-state index is 0.176. The second kappa shape index (κ2) is 8.43. The lowest BCUT2D eigenvalue weighted by atomic mass is 10.0. The van der Waals surface area contributed by atoms with E-state index in [0.29, 0.717) is 19.4 Å². The summed E-state index contributed by atoms with van der Waals surface area (Å²) in [6.45, 7) is 4.39. The summed E-state index contributed by atoms with van der Waals surface area (Å²) in [5, 5.41) is 2.98. The zero-order chi connectivity index (χ0) is 19.6. The SMILES string of the molecule is CCc1ccc([C@H](C)NC(=O)[C@H]2CCCN2S(=O)(=O)c2ccc(Br)s2)cc1. The standard InChI is InChI=1S/C19H23BrN2O3S2/c1-3-14-6-8-15(9-7-14)13(2)21-19(23)16-5-4-12-22(16)27(24,25)18-11-10-17(20)26-18/h6-11,13,16H,3-5,12H2,1-2H3,(H,21,23)/t13-,16+/m0/s1. The monoisotopic (exact) mass is 470 g/mol. The molecule has 5 nitrogen and oxygen atoms in total. The van der Waals surface area contributed by atoms with E-state index in [4.69, 9.17) is 0 Å². The summed E-state index contributed by atoms with van der Waals surface area (Å²) >= 11 is 4.47. The normalized spacial score (nSPS) is 19.1. The number of nitrogens with one attached hydrogen (secondary N) is 1. The van der Waals surface area contributed by atoms with Crippen molar-refractivity contribution in [1.29, 1.82) is 0 Å². The predicted molar refractivity (Wildman–Crippen MR) is 111 cm³/mol. The highest BCUT2D eigenvalue weighted by atomic mass is 79.9. The van der Waals surface area contributed by atoms with Gasteiger partial charge >= 0.3 is 0 Å². The number of hydrogen-bond acceptors (Lipinski definition) is 4. The van der Waals surface area contributed by atoms with Crippen molar-refractivity contribution in [2.45, 2.75) is 49.4 Å². The summed E-state index contributed by atoms with van der Waals surface area (Å²) in [5.74, 6) is -0.237. The van der Waals surface area contributed by atoms with Crippen LogP contribution in [0.25, 0.3) is 0 Å². The van der Waals surface area contributed by atoms with E-state index in [1.165, 1.54) is 9.87 Å². The van der Waals surface area contributed by atoms with Crippen LogP contribution >= 0.6 is 27.3 Å². The van der Waals surface area contributed by atoms with E-state index >= 15 is 0 Å². The van der Waals surface area contributed by atoms with Crippen LogP contribution < -0.4 is 5.32 Å². The first-order valence-electron chi connectivity index (χ1n) is 8.99. The number of benzene rings is 1. The van der Waals surface area contributed by atoms with Crippen molar-refractivity contribution in [3.05, 3.63) is 51.3 Å². The Morgan fingerprint density at radius 3 is 2.59 bits per heavy atom. The molecule has 0 saturated carbocycles. The van der Waals surface area contributed by atoms with Gasteiger partial charge in [0.1, 0.15) is 10.3 Å². The molecular formula is C19H23BrN2O3S2. The maximum Gasteiger partial charge on any atom is 0.253 e.